The summed E-state index contributed by atoms with van der Waals surface area (Å²) in [6, 6.07) is 58.9. The summed E-state index contributed by atoms with van der Waals surface area (Å²) < 4.78 is 6.04. The van der Waals surface area contributed by atoms with Crippen LogP contribution >= 0.6 is 0 Å². The van der Waals surface area contributed by atoms with Crippen molar-refractivity contribution in [1.29, 1.82) is 0 Å². The first kappa shape index (κ1) is 30.1. The van der Waals surface area contributed by atoms with Crippen molar-refractivity contribution in [2.24, 2.45) is 0 Å². The zero-order valence-electron chi connectivity index (χ0n) is 27.4. The molecule has 0 atom stereocenters. The van der Waals surface area contributed by atoms with Crippen molar-refractivity contribution in [1.82, 2.24) is 15.0 Å². The third-order valence-electron chi connectivity index (χ3n) is 9.15. The van der Waals surface area contributed by atoms with Crippen LogP contribution in [0.15, 0.2) is 185 Å². The summed E-state index contributed by atoms with van der Waals surface area (Å²) in [5.74, 6) is 1.60. The molecule has 7 aromatic carbocycles. The molecule has 0 bridgehead atoms. The fourth-order valence-corrected chi connectivity index (χ4v) is 6.58. The molecule has 0 aliphatic rings. The van der Waals surface area contributed by atoms with E-state index in [0.29, 0.717) is 34.0 Å². The average Bonchev–Trinajstić information content (AvgIpc) is 3.21. The molecule has 0 aliphatic carbocycles. The van der Waals surface area contributed by atoms with E-state index < -0.39 is 5.63 Å². The van der Waals surface area contributed by atoms with Crippen molar-refractivity contribution in [2.45, 2.75) is 0 Å². The monoisotopic (exact) mass is 655 g/mol. The van der Waals surface area contributed by atoms with E-state index >= 15 is 0 Å². The molecule has 240 valence electrons. The molecule has 0 spiro atoms. The number of fused-ring (bicyclic) bond motifs is 3. The molecular weight excluding hydrogens is 627 g/mol. The van der Waals surface area contributed by atoms with Crippen LogP contribution in [0.1, 0.15) is 0 Å². The second-order valence-electron chi connectivity index (χ2n) is 12.4. The van der Waals surface area contributed by atoms with Gasteiger partial charge in [-0.1, -0.05) is 140 Å². The Morgan fingerprint density at radius 3 is 1.24 bits per heavy atom. The average molecular weight is 656 g/mol. The smallest absolute Gasteiger partial charge is 0.344 e. The maximum atomic E-state index is 13.7. The molecule has 0 fully saturated rings. The van der Waals surface area contributed by atoms with E-state index in [2.05, 4.69) is 72.8 Å². The van der Waals surface area contributed by atoms with E-state index in [9.17, 15) is 4.79 Å². The van der Waals surface area contributed by atoms with Crippen LogP contribution in [0.5, 0.6) is 0 Å². The molecule has 0 aliphatic heterocycles. The molecule has 51 heavy (non-hydrogen) atoms. The SMILES string of the molecule is O=c1oc2cc(-c3cc(-c4ccccc4)cc(-c4ccccc4)c3)ccc2c2ccc(-c3nc(-c4ccccc4)nc(-c4ccccc4)n3)cc12. The molecular formula is C46H29N3O2. The predicted octanol–water partition coefficient (Wildman–Crippen LogP) is 11.1. The van der Waals surface area contributed by atoms with Gasteiger partial charge in [0.05, 0.1) is 5.39 Å². The Bertz CT molecular complexity index is 2630. The number of benzene rings is 7. The summed E-state index contributed by atoms with van der Waals surface area (Å²) in [5, 5.41) is 2.13. The molecule has 9 aromatic rings. The minimum atomic E-state index is -0.417. The van der Waals surface area contributed by atoms with Crippen LogP contribution in [0.3, 0.4) is 0 Å². The number of nitrogens with zero attached hydrogens (tertiary/aromatic N) is 3. The lowest BCUT2D eigenvalue weighted by atomic mass is 9.93. The van der Waals surface area contributed by atoms with Crippen molar-refractivity contribution in [3.8, 4) is 67.5 Å². The van der Waals surface area contributed by atoms with Gasteiger partial charge < -0.3 is 4.42 Å². The highest BCUT2D eigenvalue weighted by molar-refractivity contribution is 6.06. The summed E-state index contributed by atoms with van der Waals surface area (Å²) in [6.45, 7) is 0. The molecule has 2 aromatic heterocycles. The summed E-state index contributed by atoms with van der Waals surface area (Å²) >= 11 is 0. The van der Waals surface area contributed by atoms with Gasteiger partial charge in [0.25, 0.3) is 0 Å². The van der Waals surface area contributed by atoms with Crippen LogP contribution in [0.4, 0.5) is 0 Å². The number of hydrogen-bond acceptors (Lipinski definition) is 5. The van der Waals surface area contributed by atoms with Crippen LogP contribution in [-0.4, -0.2) is 15.0 Å². The Morgan fingerprint density at radius 1 is 0.314 bits per heavy atom. The third kappa shape index (κ3) is 5.87. The van der Waals surface area contributed by atoms with Gasteiger partial charge in [0.15, 0.2) is 17.5 Å². The largest absolute Gasteiger partial charge is 0.422 e. The van der Waals surface area contributed by atoms with E-state index in [-0.39, 0.29) is 0 Å². The summed E-state index contributed by atoms with van der Waals surface area (Å²) in [7, 11) is 0. The van der Waals surface area contributed by atoms with Gasteiger partial charge in [-0.15, -0.1) is 0 Å². The van der Waals surface area contributed by atoms with Crippen molar-refractivity contribution in [3.63, 3.8) is 0 Å². The number of hydrogen-bond donors (Lipinski definition) is 0. The lowest BCUT2D eigenvalue weighted by Crippen LogP contribution is -2.02. The Balaban J connectivity index is 1.15. The predicted molar refractivity (Wildman–Crippen MR) is 206 cm³/mol. The van der Waals surface area contributed by atoms with E-state index in [0.717, 1.165) is 55.3 Å². The maximum Gasteiger partial charge on any atom is 0.344 e. The lowest BCUT2D eigenvalue weighted by molar-refractivity contribution is 0.570. The quantitative estimate of drug-likeness (QED) is 0.132. The zero-order chi connectivity index (χ0) is 34.1. The summed E-state index contributed by atoms with van der Waals surface area (Å²) in [5.41, 5.74) is 9.07. The van der Waals surface area contributed by atoms with Crippen molar-refractivity contribution in [3.05, 3.63) is 186 Å². The second kappa shape index (κ2) is 12.8. The van der Waals surface area contributed by atoms with E-state index in [1.807, 2.05) is 103 Å². The Hall–Kier alpha value is -6.98. The van der Waals surface area contributed by atoms with Gasteiger partial charge in [-0.3, -0.25) is 0 Å². The molecule has 0 saturated carbocycles. The van der Waals surface area contributed by atoms with Gasteiger partial charge in [-0.25, -0.2) is 19.7 Å². The number of aromatic nitrogens is 3. The van der Waals surface area contributed by atoms with Crippen LogP contribution in [0, 0.1) is 0 Å². The molecule has 0 unspecified atom stereocenters. The maximum absolute atomic E-state index is 13.7. The number of rotatable bonds is 6. The normalized spacial score (nSPS) is 11.2. The molecule has 9 rings (SSSR count). The molecule has 5 nitrogen and oxygen atoms in total. The van der Waals surface area contributed by atoms with Crippen LogP contribution < -0.4 is 5.63 Å². The van der Waals surface area contributed by atoms with Gasteiger partial charge in [-0.2, -0.15) is 0 Å². The lowest BCUT2D eigenvalue weighted by Gasteiger charge is -2.12. The van der Waals surface area contributed by atoms with E-state index in [1.54, 1.807) is 0 Å². The molecule has 0 radical (unpaired) electrons. The van der Waals surface area contributed by atoms with Crippen molar-refractivity contribution >= 4 is 21.7 Å². The van der Waals surface area contributed by atoms with E-state index in [1.165, 1.54) is 0 Å². The molecule has 5 heteroatoms. The summed E-state index contributed by atoms with van der Waals surface area (Å²) in [6.07, 6.45) is 0. The Kier molecular flexibility index (Phi) is 7.56. The highest BCUT2D eigenvalue weighted by Crippen LogP contribution is 2.35. The van der Waals surface area contributed by atoms with Gasteiger partial charge in [0.1, 0.15) is 5.58 Å². The second-order valence-corrected chi connectivity index (χ2v) is 12.4. The molecule has 0 saturated heterocycles. The minimum absolute atomic E-state index is 0.417. The highest BCUT2D eigenvalue weighted by atomic mass is 16.4. The molecule has 0 amide bonds. The first-order valence-electron chi connectivity index (χ1n) is 16.8. The first-order valence-corrected chi connectivity index (χ1v) is 16.8. The first-order chi connectivity index (χ1) is 25.2. The van der Waals surface area contributed by atoms with Gasteiger partial charge >= 0.3 is 5.63 Å². The molecule has 0 N–H and O–H groups in total. The minimum Gasteiger partial charge on any atom is -0.422 e. The van der Waals surface area contributed by atoms with Crippen LogP contribution in [0.25, 0.3) is 89.3 Å². The highest BCUT2D eigenvalue weighted by Gasteiger charge is 2.16. The van der Waals surface area contributed by atoms with Crippen LogP contribution in [0.2, 0.25) is 0 Å². The molecule has 2 heterocycles. The third-order valence-corrected chi connectivity index (χ3v) is 9.15. The van der Waals surface area contributed by atoms with Gasteiger partial charge in [-0.05, 0) is 75.2 Å². The van der Waals surface area contributed by atoms with Crippen LogP contribution in [-0.2, 0) is 0 Å². The van der Waals surface area contributed by atoms with E-state index in [4.69, 9.17) is 19.4 Å². The Morgan fingerprint density at radius 2 is 0.725 bits per heavy atom. The summed E-state index contributed by atoms with van der Waals surface area (Å²) in [4.78, 5) is 28.1. The zero-order valence-corrected chi connectivity index (χ0v) is 27.4. The fourth-order valence-electron chi connectivity index (χ4n) is 6.58. The van der Waals surface area contributed by atoms with Crippen molar-refractivity contribution < 1.29 is 4.42 Å². The topological polar surface area (TPSA) is 68.9 Å². The van der Waals surface area contributed by atoms with Gasteiger partial charge in [0.2, 0.25) is 0 Å². The Labute approximate surface area is 294 Å². The van der Waals surface area contributed by atoms with Gasteiger partial charge in [0, 0.05) is 22.1 Å². The van der Waals surface area contributed by atoms with Crippen molar-refractivity contribution in [2.75, 3.05) is 0 Å². The fraction of sp³-hybridized carbons (Fsp3) is 0. The standard InChI is InChI=1S/C46H29N3O2/c50-46-41-28-35(45-48-43(32-17-9-3-10-18-32)47-44(49-45)33-19-11-4-12-20-33)22-23-39(41)40-24-21-34(29-42(40)51-46)38-26-36(30-13-5-1-6-14-30)25-37(27-38)31-15-7-2-8-16-31/h1-29H.